The highest BCUT2D eigenvalue weighted by Gasteiger charge is 2.15. The van der Waals surface area contributed by atoms with Gasteiger partial charge < -0.3 is 10.6 Å². The summed E-state index contributed by atoms with van der Waals surface area (Å²) in [4.78, 5) is 16.9. The predicted molar refractivity (Wildman–Crippen MR) is 103 cm³/mol. The average molecular weight is 351 g/mol. The van der Waals surface area contributed by atoms with Crippen molar-refractivity contribution in [1.29, 1.82) is 0 Å². The number of benzene rings is 1. The third kappa shape index (κ3) is 3.49. The fourth-order valence-electron chi connectivity index (χ4n) is 3.75. The predicted octanol–water partition coefficient (Wildman–Crippen LogP) is 3.44. The molecule has 6 heteroatoms. The summed E-state index contributed by atoms with van der Waals surface area (Å²) < 4.78 is 1.87. The van der Waals surface area contributed by atoms with E-state index in [0.717, 1.165) is 40.9 Å². The number of amides is 1. The Morgan fingerprint density at radius 1 is 1.23 bits per heavy atom. The Kier molecular flexibility index (Phi) is 4.73. The van der Waals surface area contributed by atoms with Crippen LogP contribution < -0.4 is 10.6 Å². The van der Waals surface area contributed by atoms with Gasteiger partial charge in [-0.2, -0.15) is 5.10 Å². The molecule has 1 aromatic carbocycles. The number of hydrogen-bond acceptors (Lipinski definition) is 4. The molecule has 1 fully saturated rings. The zero-order valence-corrected chi connectivity index (χ0v) is 15.2. The van der Waals surface area contributed by atoms with Crippen LogP contribution in [-0.4, -0.2) is 33.1 Å². The Morgan fingerprint density at radius 3 is 2.88 bits per heavy atom. The summed E-state index contributed by atoms with van der Waals surface area (Å²) in [7, 11) is 0. The molecule has 4 rings (SSSR count). The third-order valence-corrected chi connectivity index (χ3v) is 5.04. The highest BCUT2D eigenvalue weighted by molar-refractivity contribution is 5.91. The number of rotatable bonds is 5. The van der Waals surface area contributed by atoms with Gasteiger partial charge in [-0.1, -0.05) is 31.4 Å². The van der Waals surface area contributed by atoms with E-state index in [1.165, 1.54) is 19.3 Å². The quantitative estimate of drug-likeness (QED) is 0.739. The van der Waals surface area contributed by atoms with Gasteiger partial charge in [-0.3, -0.25) is 4.79 Å². The number of carbonyl (C=O) groups excluding carboxylic acids is 1. The molecule has 0 bridgehead atoms. The number of carbonyl (C=O) groups is 1. The minimum atomic E-state index is 0.120. The number of fused-ring (bicyclic) bond motifs is 3. The molecule has 0 aliphatic heterocycles. The first kappa shape index (κ1) is 16.8. The highest BCUT2D eigenvalue weighted by atomic mass is 16.1. The largest absolute Gasteiger partial charge is 0.369 e. The Balaban J connectivity index is 1.45. The Morgan fingerprint density at radius 2 is 2.04 bits per heavy atom. The number of para-hydroxylation sites is 1. The van der Waals surface area contributed by atoms with E-state index < -0.39 is 0 Å². The molecule has 2 aromatic heterocycles. The standard InChI is InChI=1S/C20H25N5O/c1-14-13-18-23-20(16-9-5-6-10-17(16)25(18)24-14)21-12-11-19(26)22-15-7-3-2-4-8-15/h5-6,9-10,13,15H,2-4,7-8,11-12H2,1H3,(H,21,23)(H,22,26). The molecule has 1 aliphatic carbocycles. The van der Waals surface area contributed by atoms with E-state index in [2.05, 4.69) is 15.7 Å². The molecule has 1 aliphatic rings. The Bertz CT molecular complexity index is 926. The van der Waals surface area contributed by atoms with Gasteiger partial charge in [-0.25, -0.2) is 9.50 Å². The van der Waals surface area contributed by atoms with E-state index in [1.807, 2.05) is 41.8 Å². The van der Waals surface area contributed by atoms with Crippen molar-refractivity contribution in [3.05, 3.63) is 36.0 Å². The summed E-state index contributed by atoms with van der Waals surface area (Å²) >= 11 is 0. The monoisotopic (exact) mass is 351 g/mol. The maximum absolute atomic E-state index is 12.2. The molecule has 1 saturated carbocycles. The molecule has 6 nitrogen and oxygen atoms in total. The minimum absolute atomic E-state index is 0.120. The van der Waals surface area contributed by atoms with E-state index >= 15 is 0 Å². The molecular weight excluding hydrogens is 326 g/mol. The molecule has 3 aromatic rings. The second kappa shape index (κ2) is 7.32. The molecule has 0 unspecified atom stereocenters. The van der Waals surface area contributed by atoms with Crippen molar-refractivity contribution >= 4 is 28.3 Å². The lowest BCUT2D eigenvalue weighted by molar-refractivity contribution is -0.121. The summed E-state index contributed by atoms with van der Waals surface area (Å²) in [5.41, 5.74) is 2.77. The number of nitrogens with one attached hydrogen (secondary N) is 2. The summed E-state index contributed by atoms with van der Waals surface area (Å²) in [5, 5.41) is 12.0. The highest BCUT2D eigenvalue weighted by Crippen LogP contribution is 2.23. The van der Waals surface area contributed by atoms with Gasteiger partial charge in [0.05, 0.1) is 11.2 Å². The second-order valence-electron chi connectivity index (χ2n) is 7.11. The van der Waals surface area contributed by atoms with E-state index in [0.29, 0.717) is 19.0 Å². The van der Waals surface area contributed by atoms with Crippen molar-refractivity contribution in [2.24, 2.45) is 0 Å². The van der Waals surface area contributed by atoms with Crippen LogP contribution in [0.4, 0.5) is 5.82 Å². The molecule has 1 amide bonds. The average Bonchev–Trinajstić information content (AvgIpc) is 3.03. The molecule has 26 heavy (non-hydrogen) atoms. The van der Waals surface area contributed by atoms with Crippen molar-refractivity contribution in [3.8, 4) is 0 Å². The summed E-state index contributed by atoms with van der Waals surface area (Å²) in [5.74, 6) is 0.924. The molecule has 0 saturated heterocycles. The van der Waals surface area contributed by atoms with Crippen LogP contribution in [-0.2, 0) is 4.79 Å². The molecule has 136 valence electrons. The van der Waals surface area contributed by atoms with Gasteiger partial charge in [0, 0.05) is 30.5 Å². The molecule has 0 atom stereocenters. The van der Waals surface area contributed by atoms with E-state index in [4.69, 9.17) is 4.98 Å². The third-order valence-electron chi connectivity index (χ3n) is 5.04. The van der Waals surface area contributed by atoms with Crippen LogP contribution in [0.3, 0.4) is 0 Å². The number of nitrogens with zero attached hydrogens (tertiary/aromatic N) is 3. The zero-order chi connectivity index (χ0) is 17.9. The first-order valence-corrected chi connectivity index (χ1v) is 9.49. The SMILES string of the molecule is Cc1cc2nc(NCCC(=O)NC3CCCCC3)c3ccccc3n2n1. The topological polar surface area (TPSA) is 71.3 Å². The van der Waals surface area contributed by atoms with Crippen molar-refractivity contribution in [3.63, 3.8) is 0 Å². The van der Waals surface area contributed by atoms with Gasteiger partial charge in [0.15, 0.2) is 5.65 Å². The van der Waals surface area contributed by atoms with Crippen molar-refractivity contribution in [2.45, 2.75) is 51.5 Å². The van der Waals surface area contributed by atoms with Crippen molar-refractivity contribution in [1.82, 2.24) is 19.9 Å². The lowest BCUT2D eigenvalue weighted by atomic mass is 9.95. The first-order valence-electron chi connectivity index (χ1n) is 9.49. The number of aryl methyl sites for hydroxylation is 1. The maximum Gasteiger partial charge on any atom is 0.221 e. The molecule has 0 spiro atoms. The molecule has 0 radical (unpaired) electrons. The van der Waals surface area contributed by atoms with Gasteiger partial charge in [-0.15, -0.1) is 0 Å². The number of aromatic nitrogens is 3. The van der Waals surface area contributed by atoms with Gasteiger partial charge in [0.2, 0.25) is 5.91 Å². The summed E-state index contributed by atoms with van der Waals surface area (Å²) in [6.07, 6.45) is 6.43. The van der Waals surface area contributed by atoms with Crippen LogP contribution in [0.1, 0.15) is 44.2 Å². The minimum Gasteiger partial charge on any atom is -0.369 e. The summed E-state index contributed by atoms with van der Waals surface area (Å²) in [6, 6.07) is 10.4. The maximum atomic E-state index is 12.2. The fraction of sp³-hybridized carbons (Fsp3) is 0.450. The zero-order valence-electron chi connectivity index (χ0n) is 15.2. The van der Waals surface area contributed by atoms with Gasteiger partial charge >= 0.3 is 0 Å². The molecule has 2 heterocycles. The Labute approximate surface area is 153 Å². The fourth-order valence-corrected chi connectivity index (χ4v) is 3.75. The normalized spacial score (nSPS) is 15.4. The first-order chi connectivity index (χ1) is 12.7. The van der Waals surface area contributed by atoms with Gasteiger partial charge in [0.1, 0.15) is 5.82 Å². The number of hydrogen-bond donors (Lipinski definition) is 2. The van der Waals surface area contributed by atoms with Crippen LogP contribution in [0.2, 0.25) is 0 Å². The van der Waals surface area contributed by atoms with Crippen LogP contribution >= 0.6 is 0 Å². The summed E-state index contributed by atoms with van der Waals surface area (Å²) in [6.45, 7) is 2.53. The van der Waals surface area contributed by atoms with E-state index in [1.54, 1.807) is 0 Å². The van der Waals surface area contributed by atoms with Crippen molar-refractivity contribution < 1.29 is 4.79 Å². The molecule has 2 N–H and O–H groups in total. The van der Waals surface area contributed by atoms with Gasteiger partial charge in [0.25, 0.3) is 0 Å². The second-order valence-corrected chi connectivity index (χ2v) is 7.11. The smallest absolute Gasteiger partial charge is 0.221 e. The van der Waals surface area contributed by atoms with Crippen LogP contribution in [0.15, 0.2) is 30.3 Å². The van der Waals surface area contributed by atoms with E-state index in [9.17, 15) is 4.79 Å². The van der Waals surface area contributed by atoms with Gasteiger partial charge in [-0.05, 0) is 31.9 Å². The Hall–Kier alpha value is -2.63. The van der Waals surface area contributed by atoms with E-state index in [-0.39, 0.29) is 5.91 Å². The lowest BCUT2D eigenvalue weighted by Crippen LogP contribution is -2.36. The van der Waals surface area contributed by atoms with Crippen LogP contribution in [0.5, 0.6) is 0 Å². The lowest BCUT2D eigenvalue weighted by Gasteiger charge is -2.22. The molecular formula is C20H25N5O. The number of anilines is 1. The van der Waals surface area contributed by atoms with Crippen molar-refractivity contribution in [2.75, 3.05) is 11.9 Å². The van der Waals surface area contributed by atoms with Crippen LogP contribution in [0.25, 0.3) is 16.6 Å². The van der Waals surface area contributed by atoms with Crippen LogP contribution in [0, 0.1) is 6.92 Å².